The molecule has 0 aliphatic carbocycles. The van der Waals surface area contributed by atoms with E-state index < -0.39 is 0 Å². The lowest BCUT2D eigenvalue weighted by Gasteiger charge is -2.10. The number of hydrogen-bond acceptors (Lipinski definition) is 2. The number of carbonyl (C=O) groups is 1. The maximum absolute atomic E-state index is 11.9. The third-order valence-corrected chi connectivity index (χ3v) is 3.95. The first-order valence-electron chi connectivity index (χ1n) is 7.30. The fourth-order valence-electron chi connectivity index (χ4n) is 2.74. The zero-order valence-corrected chi connectivity index (χ0v) is 12.8. The lowest BCUT2D eigenvalue weighted by molar-refractivity contribution is 0.0981. The van der Waals surface area contributed by atoms with Crippen LogP contribution in [0.15, 0.2) is 30.6 Å². The standard InChI is InChI=1S/C17H18ClNO2/c1-2-3-16(20)13-4-6-19(10-13)11-14-9-15(18)8-12-5-7-21-17(12)14/h4,6,8-10H,2-3,5,7,11H2,1H3. The maximum atomic E-state index is 11.9. The van der Waals surface area contributed by atoms with E-state index in [9.17, 15) is 4.79 Å². The Balaban J connectivity index is 1.83. The summed E-state index contributed by atoms with van der Waals surface area (Å²) in [5.74, 6) is 1.15. The van der Waals surface area contributed by atoms with Crippen LogP contribution in [0.2, 0.25) is 5.02 Å². The van der Waals surface area contributed by atoms with E-state index in [2.05, 4.69) is 0 Å². The summed E-state index contributed by atoms with van der Waals surface area (Å²) in [5.41, 5.74) is 3.02. The third kappa shape index (κ3) is 2.98. The zero-order valence-electron chi connectivity index (χ0n) is 12.1. The third-order valence-electron chi connectivity index (χ3n) is 3.73. The van der Waals surface area contributed by atoms with Gasteiger partial charge in [-0.2, -0.15) is 0 Å². The average Bonchev–Trinajstić information content (AvgIpc) is 3.07. The molecule has 0 spiro atoms. The molecule has 2 aromatic rings. The number of aromatic nitrogens is 1. The molecule has 21 heavy (non-hydrogen) atoms. The number of hydrogen-bond donors (Lipinski definition) is 0. The summed E-state index contributed by atoms with van der Waals surface area (Å²) < 4.78 is 7.72. The van der Waals surface area contributed by atoms with Crippen LogP contribution in [0.1, 0.15) is 41.3 Å². The van der Waals surface area contributed by atoms with Crippen LogP contribution in [-0.2, 0) is 13.0 Å². The fourth-order valence-corrected chi connectivity index (χ4v) is 3.00. The van der Waals surface area contributed by atoms with Crippen LogP contribution in [0.5, 0.6) is 5.75 Å². The summed E-state index contributed by atoms with van der Waals surface area (Å²) in [4.78, 5) is 11.9. The Hall–Kier alpha value is -1.74. The summed E-state index contributed by atoms with van der Waals surface area (Å²) in [6.07, 6.45) is 6.22. The molecule has 110 valence electrons. The number of halogens is 1. The molecule has 1 aliphatic heterocycles. The van der Waals surface area contributed by atoms with Gasteiger partial charge in [-0.1, -0.05) is 18.5 Å². The van der Waals surface area contributed by atoms with Gasteiger partial charge in [-0.15, -0.1) is 0 Å². The van der Waals surface area contributed by atoms with Crippen molar-refractivity contribution in [2.75, 3.05) is 6.61 Å². The zero-order chi connectivity index (χ0) is 14.8. The molecule has 3 rings (SSSR count). The molecule has 0 fully saturated rings. The minimum Gasteiger partial charge on any atom is -0.493 e. The molecule has 3 nitrogen and oxygen atoms in total. The van der Waals surface area contributed by atoms with Crippen molar-refractivity contribution < 1.29 is 9.53 Å². The quantitative estimate of drug-likeness (QED) is 0.778. The number of nitrogens with zero attached hydrogens (tertiary/aromatic N) is 1. The van der Waals surface area contributed by atoms with Gasteiger partial charge in [0.15, 0.2) is 5.78 Å². The van der Waals surface area contributed by atoms with Crippen molar-refractivity contribution >= 4 is 17.4 Å². The highest BCUT2D eigenvalue weighted by atomic mass is 35.5. The average molecular weight is 304 g/mol. The van der Waals surface area contributed by atoms with Crippen molar-refractivity contribution in [3.8, 4) is 5.75 Å². The van der Waals surface area contributed by atoms with E-state index in [1.165, 1.54) is 5.56 Å². The molecular weight excluding hydrogens is 286 g/mol. The summed E-state index contributed by atoms with van der Waals surface area (Å²) in [6.45, 7) is 3.40. The van der Waals surface area contributed by atoms with Gasteiger partial charge in [0.25, 0.3) is 0 Å². The van der Waals surface area contributed by atoms with E-state index in [0.29, 0.717) is 19.6 Å². The molecule has 1 aromatic carbocycles. The van der Waals surface area contributed by atoms with Gasteiger partial charge in [-0.25, -0.2) is 0 Å². The molecule has 1 aromatic heterocycles. The van der Waals surface area contributed by atoms with Gasteiger partial charge in [0.1, 0.15) is 5.75 Å². The largest absolute Gasteiger partial charge is 0.493 e. The molecule has 0 amide bonds. The highest BCUT2D eigenvalue weighted by molar-refractivity contribution is 6.30. The van der Waals surface area contributed by atoms with Gasteiger partial charge >= 0.3 is 0 Å². The van der Waals surface area contributed by atoms with Crippen LogP contribution in [0.4, 0.5) is 0 Å². The maximum Gasteiger partial charge on any atom is 0.164 e. The van der Waals surface area contributed by atoms with E-state index in [1.807, 2.05) is 42.1 Å². The Morgan fingerprint density at radius 2 is 2.29 bits per heavy atom. The van der Waals surface area contributed by atoms with Crippen LogP contribution in [0.3, 0.4) is 0 Å². The number of ketones is 1. The Morgan fingerprint density at radius 3 is 3.10 bits per heavy atom. The Bertz CT molecular complexity index is 675. The van der Waals surface area contributed by atoms with Crippen molar-refractivity contribution in [3.63, 3.8) is 0 Å². The van der Waals surface area contributed by atoms with E-state index in [0.717, 1.165) is 34.7 Å². The molecule has 2 heterocycles. The molecule has 0 saturated heterocycles. The predicted molar refractivity (Wildman–Crippen MR) is 83.4 cm³/mol. The molecule has 0 atom stereocenters. The molecule has 0 radical (unpaired) electrons. The molecule has 0 bridgehead atoms. The minimum absolute atomic E-state index is 0.198. The first kappa shape index (κ1) is 14.2. The summed E-state index contributed by atoms with van der Waals surface area (Å²) >= 11 is 6.17. The van der Waals surface area contributed by atoms with Crippen LogP contribution in [0, 0.1) is 0 Å². The number of rotatable bonds is 5. The van der Waals surface area contributed by atoms with Gasteiger partial charge in [0.2, 0.25) is 0 Å². The van der Waals surface area contributed by atoms with Crippen molar-refractivity contribution in [2.45, 2.75) is 32.7 Å². The minimum atomic E-state index is 0.198. The van der Waals surface area contributed by atoms with Gasteiger partial charge in [-0.05, 0) is 30.2 Å². The van der Waals surface area contributed by atoms with E-state index in [4.69, 9.17) is 16.3 Å². The fraction of sp³-hybridized carbons (Fsp3) is 0.353. The summed E-state index contributed by atoms with van der Waals surface area (Å²) in [7, 11) is 0. The molecule has 0 N–H and O–H groups in total. The van der Waals surface area contributed by atoms with Gasteiger partial charge < -0.3 is 9.30 Å². The highest BCUT2D eigenvalue weighted by Crippen LogP contribution is 2.33. The summed E-state index contributed by atoms with van der Waals surface area (Å²) in [5, 5.41) is 0.740. The smallest absolute Gasteiger partial charge is 0.164 e. The Labute approximate surface area is 129 Å². The predicted octanol–water partition coefficient (Wildman–Crippen LogP) is 4.11. The van der Waals surface area contributed by atoms with Crippen molar-refractivity contribution in [2.24, 2.45) is 0 Å². The Morgan fingerprint density at radius 1 is 1.43 bits per heavy atom. The van der Waals surface area contributed by atoms with Crippen LogP contribution in [-0.4, -0.2) is 17.0 Å². The second-order valence-electron chi connectivity index (χ2n) is 5.40. The van der Waals surface area contributed by atoms with Crippen LogP contribution >= 0.6 is 11.6 Å². The SMILES string of the molecule is CCCC(=O)c1ccn(Cc2cc(Cl)cc3c2OCC3)c1. The molecule has 0 unspecified atom stereocenters. The first-order valence-corrected chi connectivity index (χ1v) is 7.68. The van der Waals surface area contributed by atoms with E-state index in [1.54, 1.807) is 0 Å². The second kappa shape index (κ2) is 5.94. The second-order valence-corrected chi connectivity index (χ2v) is 5.83. The van der Waals surface area contributed by atoms with Gasteiger partial charge in [0, 0.05) is 41.4 Å². The summed E-state index contributed by atoms with van der Waals surface area (Å²) in [6, 6.07) is 5.79. The van der Waals surface area contributed by atoms with Gasteiger partial charge in [0.05, 0.1) is 13.2 Å². The van der Waals surface area contributed by atoms with Crippen molar-refractivity contribution in [1.82, 2.24) is 4.57 Å². The monoisotopic (exact) mass is 303 g/mol. The van der Waals surface area contributed by atoms with Crippen LogP contribution < -0.4 is 4.74 Å². The van der Waals surface area contributed by atoms with Crippen molar-refractivity contribution in [1.29, 1.82) is 0 Å². The van der Waals surface area contributed by atoms with E-state index in [-0.39, 0.29) is 5.78 Å². The van der Waals surface area contributed by atoms with Crippen molar-refractivity contribution in [3.05, 3.63) is 52.3 Å². The Kier molecular flexibility index (Phi) is 4.02. The lowest BCUT2D eigenvalue weighted by Crippen LogP contribution is -2.01. The molecule has 4 heteroatoms. The number of benzene rings is 1. The number of carbonyl (C=O) groups excluding carboxylic acids is 1. The van der Waals surface area contributed by atoms with Crippen LogP contribution in [0.25, 0.3) is 0 Å². The normalized spacial score (nSPS) is 13.0. The number of fused-ring (bicyclic) bond motifs is 1. The topological polar surface area (TPSA) is 31.2 Å². The van der Waals surface area contributed by atoms with E-state index >= 15 is 0 Å². The van der Waals surface area contributed by atoms with Gasteiger partial charge in [-0.3, -0.25) is 4.79 Å². The highest BCUT2D eigenvalue weighted by Gasteiger charge is 2.18. The first-order chi connectivity index (χ1) is 10.2. The number of Topliss-reactive ketones (excluding diaryl/α,β-unsaturated/α-hetero) is 1. The molecular formula is C17H18ClNO2. The lowest BCUT2D eigenvalue weighted by atomic mass is 10.1. The molecule has 1 aliphatic rings. The molecule has 0 saturated carbocycles. The number of ether oxygens (including phenoxy) is 1.